The van der Waals surface area contributed by atoms with E-state index in [4.69, 9.17) is 9.47 Å². The van der Waals surface area contributed by atoms with Gasteiger partial charge in [-0.15, -0.1) is 11.3 Å². The molecule has 1 aromatic carbocycles. The lowest BCUT2D eigenvalue weighted by Gasteiger charge is -2.02. The molecular weight excluding hydrogens is 340 g/mol. The van der Waals surface area contributed by atoms with Gasteiger partial charge in [0.05, 0.1) is 5.69 Å². The topological polar surface area (TPSA) is 78.3 Å². The number of anilines is 1. The molecule has 1 aliphatic rings. The summed E-state index contributed by atoms with van der Waals surface area (Å²) in [5, 5.41) is 9.66. The average molecular weight is 356 g/mol. The van der Waals surface area contributed by atoms with Crippen LogP contribution in [0.4, 0.5) is 5.82 Å². The van der Waals surface area contributed by atoms with Crippen LogP contribution in [0.3, 0.4) is 0 Å². The van der Waals surface area contributed by atoms with E-state index in [1.54, 1.807) is 17.1 Å². The summed E-state index contributed by atoms with van der Waals surface area (Å²) in [6.45, 7) is 2.25. The summed E-state index contributed by atoms with van der Waals surface area (Å²) in [4.78, 5) is 16.9. The Morgan fingerprint density at radius 3 is 2.96 bits per heavy atom. The molecule has 2 aromatic heterocycles. The van der Waals surface area contributed by atoms with Crippen molar-refractivity contribution in [1.82, 2.24) is 14.8 Å². The fraction of sp³-hybridized carbons (Fsp3) is 0.235. The number of ether oxygens (including phenoxy) is 2. The number of rotatable bonds is 4. The first-order chi connectivity index (χ1) is 12.1. The van der Waals surface area contributed by atoms with Gasteiger partial charge in [-0.3, -0.25) is 9.48 Å². The van der Waals surface area contributed by atoms with Crippen LogP contribution in [0.5, 0.6) is 11.5 Å². The lowest BCUT2D eigenvalue weighted by Crippen LogP contribution is -2.14. The summed E-state index contributed by atoms with van der Waals surface area (Å²) in [7, 11) is 1.80. The normalized spacial score (nSPS) is 12.4. The van der Waals surface area contributed by atoms with E-state index in [9.17, 15) is 4.79 Å². The number of hydrogen-bond donors (Lipinski definition) is 1. The van der Waals surface area contributed by atoms with E-state index in [1.807, 2.05) is 31.2 Å². The molecule has 0 bridgehead atoms. The van der Waals surface area contributed by atoms with E-state index in [0.717, 1.165) is 28.4 Å². The molecule has 4 rings (SSSR count). The van der Waals surface area contributed by atoms with Crippen LogP contribution in [-0.2, 0) is 13.5 Å². The summed E-state index contributed by atoms with van der Waals surface area (Å²) in [5.74, 6) is 1.82. The standard InChI is InChI=1S/C17H16N4O3S/c1-3-11-7-15(21(2)20-11)19-16(22)12-8-25-17(18-12)10-4-5-13-14(6-10)24-9-23-13/h4-8H,3,9H2,1-2H3,(H,19,22). The molecule has 0 atom stereocenters. The highest BCUT2D eigenvalue weighted by atomic mass is 32.1. The van der Waals surface area contributed by atoms with E-state index < -0.39 is 0 Å². The summed E-state index contributed by atoms with van der Waals surface area (Å²) in [6.07, 6.45) is 0.814. The van der Waals surface area contributed by atoms with Crippen LogP contribution in [0, 0.1) is 0 Å². The molecule has 0 aliphatic carbocycles. The Kier molecular flexibility index (Phi) is 3.89. The molecule has 7 nitrogen and oxygen atoms in total. The molecular formula is C17H16N4O3S. The minimum Gasteiger partial charge on any atom is -0.454 e. The number of carbonyl (C=O) groups excluding carboxylic acids is 1. The van der Waals surface area contributed by atoms with Crippen molar-refractivity contribution in [2.45, 2.75) is 13.3 Å². The minimum absolute atomic E-state index is 0.231. The van der Waals surface area contributed by atoms with Crippen LogP contribution < -0.4 is 14.8 Å². The first kappa shape index (κ1) is 15.6. The van der Waals surface area contributed by atoms with E-state index in [2.05, 4.69) is 15.4 Å². The molecule has 0 unspecified atom stereocenters. The summed E-state index contributed by atoms with van der Waals surface area (Å²) in [6, 6.07) is 7.49. The summed E-state index contributed by atoms with van der Waals surface area (Å²) >= 11 is 1.41. The fourth-order valence-corrected chi connectivity index (χ4v) is 3.33. The van der Waals surface area contributed by atoms with Crippen molar-refractivity contribution in [2.75, 3.05) is 12.1 Å². The van der Waals surface area contributed by atoms with Gasteiger partial charge in [0.2, 0.25) is 6.79 Å². The molecule has 0 saturated carbocycles. The Balaban J connectivity index is 1.54. The molecule has 0 saturated heterocycles. The van der Waals surface area contributed by atoms with Crippen molar-refractivity contribution in [3.63, 3.8) is 0 Å². The van der Waals surface area contributed by atoms with Gasteiger partial charge in [-0.05, 0) is 24.6 Å². The number of hydrogen-bond acceptors (Lipinski definition) is 6. The average Bonchev–Trinajstić information content (AvgIpc) is 3.33. The molecule has 3 heterocycles. The zero-order valence-corrected chi connectivity index (χ0v) is 14.6. The third kappa shape index (κ3) is 2.96. The third-order valence-corrected chi connectivity index (χ3v) is 4.78. The fourth-order valence-electron chi connectivity index (χ4n) is 2.54. The van der Waals surface area contributed by atoms with Crippen LogP contribution in [0.15, 0.2) is 29.6 Å². The van der Waals surface area contributed by atoms with Gasteiger partial charge in [-0.25, -0.2) is 4.98 Å². The Labute approximate surface area is 148 Å². The molecule has 8 heteroatoms. The van der Waals surface area contributed by atoms with Gasteiger partial charge in [0, 0.05) is 24.1 Å². The number of amides is 1. The lowest BCUT2D eigenvalue weighted by atomic mass is 10.2. The van der Waals surface area contributed by atoms with Crippen LogP contribution in [0.1, 0.15) is 23.1 Å². The van der Waals surface area contributed by atoms with Gasteiger partial charge in [-0.2, -0.15) is 5.10 Å². The van der Waals surface area contributed by atoms with Crippen molar-refractivity contribution in [1.29, 1.82) is 0 Å². The van der Waals surface area contributed by atoms with E-state index >= 15 is 0 Å². The highest BCUT2D eigenvalue weighted by molar-refractivity contribution is 7.13. The first-order valence-electron chi connectivity index (χ1n) is 7.84. The van der Waals surface area contributed by atoms with Gasteiger partial charge < -0.3 is 14.8 Å². The van der Waals surface area contributed by atoms with Crippen molar-refractivity contribution >= 4 is 23.1 Å². The van der Waals surface area contributed by atoms with Gasteiger partial charge >= 0.3 is 0 Å². The highest BCUT2D eigenvalue weighted by Crippen LogP contribution is 2.36. The second-order valence-electron chi connectivity index (χ2n) is 5.56. The zero-order valence-electron chi connectivity index (χ0n) is 13.8. The van der Waals surface area contributed by atoms with Gasteiger partial charge in [-0.1, -0.05) is 6.92 Å². The number of carbonyl (C=O) groups is 1. The van der Waals surface area contributed by atoms with E-state index in [1.165, 1.54) is 11.3 Å². The predicted octanol–water partition coefficient (Wildman–Crippen LogP) is 3.09. The largest absolute Gasteiger partial charge is 0.454 e. The Morgan fingerprint density at radius 2 is 2.16 bits per heavy atom. The highest BCUT2D eigenvalue weighted by Gasteiger charge is 2.17. The second kappa shape index (κ2) is 6.21. The number of thiazole rings is 1. The molecule has 0 radical (unpaired) electrons. The second-order valence-corrected chi connectivity index (χ2v) is 6.42. The molecule has 1 N–H and O–H groups in total. The molecule has 1 amide bonds. The van der Waals surface area contributed by atoms with Gasteiger partial charge in [0.15, 0.2) is 11.5 Å². The maximum atomic E-state index is 12.4. The molecule has 25 heavy (non-hydrogen) atoms. The van der Waals surface area contributed by atoms with Crippen LogP contribution >= 0.6 is 11.3 Å². The Morgan fingerprint density at radius 1 is 1.32 bits per heavy atom. The first-order valence-corrected chi connectivity index (χ1v) is 8.72. The molecule has 3 aromatic rings. The van der Waals surface area contributed by atoms with Gasteiger partial charge in [0.1, 0.15) is 16.5 Å². The third-order valence-electron chi connectivity index (χ3n) is 3.89. The summed E-state index contributed by atoms with van der Waals surface area (Å²) in [5.41, 5.74) is 2.19. The molecule has 128 valence electrons. The number of aromatic nitrogens is 3. The number of nitrogens with one attached hydrogen (secondary N) is 1. The van der Waals surface area contributed by atoms with Crippen LogP contribution in [0.25, 0.3) is 10.6 Å². The minimum atomic E-state index is -0.256. The smallest absolute Gasteiger partial charge is 0.276 e. The predicted molar refractivity (Wildman–Crippen MR) is 94.2 cm³/mol. The van der Waals surface area contributed by atoms with Crippen LogP contribution in [0.2, 0.25) is 0 Å². The number of nitrogens with zero attached hydrogens (tertiary/aromatic N) is 3. The number of aryl methyl sites for hydroxylation is 2. The monoisotopic (exact) mass is 356 g/mol. The van der Waals surface area contributed by atoms with Crippen molar-refractivity contribution < 1.29 is 14.3 Å². The van der Waals surface area contributed by atoms with Crippen molar-refractivity contribution in [3.05, 3.63) is 41.0 Å². The molecule has 0 fully saturated rings. The summed E-state index contributed by atoms with van der Waals surface area (Å²) < 4.78 is 12.4. The molecule has 1 aliphatic heterocycles. The number of benzene rings is 1. The zero-order chi connectivity index (χ0) is 17.4. The maximum absolute atomic E-state index is 12.4. The van der Waals surface area contributed by atoms with Crippen molar-refractivity contribution in [3.8, 4) is 22.1 Å². The molecule has 0 spiro atoms. The van der Waals surface area contributed by atoms with E-state index in [-0.39, 0.29) is 12.7 Å². The quantitative estimate of drug-likeness (QED) is 0.777. The van der Waals surface area contributed by atoms with Crippen molar-refractivity contribution in [2.24, 2.45) is 7.05 Å². The maximum Gasteiger partial charge on any atom is 0.276 e. The number of fused-ring (bicyclic) bond motifs is 1. The van der Waals surface area contributed by atoms with Gasteiger partial charge in [0.25, 0.3) is 5.91 Å². The Bertz CT molecular complexity index is 947. The SMILES string of the molecule is CCc1cc(NC(=O)c2csc(-c3ccc4c(c3)OCO4)n2)n(C)n1. The Hall–Kier alpha value is -2.87. The van der Waals surface area contributed by atoms with Crippen LogP contribution in [-0.4, -0.2) is 27.5 Å². The lowest BCUT2D eigenvalue weighted by molar-refractivity contribution is 0.102. The van der Waals surface area contributed by atoms with E-state index in [0.29, 0.717) is 17.3 Å².